The molecule has 0 aromatic heterocycles. The van der Waals surface area contributed by atoms with E-state index in [-0.39, 0.29) is 12.5 Å². The third kappa shape index (κ3) is 4.31. The number of hydrogen-bond acceptors (Lipinski definition) is 4. The highest BCUT2D eigenvalue weighted by Crippen LogP contribution is 2.21. The van der Waals surface area contributed by atoms with Crippen LogP contribution in [0.15, 0.2) is 24.3 Å². The van der Waals surface area contributed by atoms with Crippen LogP contribution in [0.1, 0.15) is 28.8 Å². The van der Waals surface area contributed by atoms with Crippen LogP contribution >= 0.6 is 0 Å². The molecule has 1 heterocycles. The first-order chi connectivity index (χ1) is 9.46. The van der Waals surface area contributed by atoms with Gasteiger partial charge in [-0.2, -0.15) is 8.42 Å². The predicted octanol–water partition coefficient (Wildman–Crippen LogP) is 1.35. The molecule has 5 nitrogen and oxygen atoms in total. The summed E-state index contributed by atoms with van der Waals surface area (Å²) in [6.45, 7) is 0.802. The van der Waals surface area contributed by atoms with Crippen LogP contribution in [0.5, 0.6) is 0 Å². The van der Waals surface area contributed by atoms with Crippen molar-refractivity contribution in [3.63, 3.8) is 0 Å². The highest BCUT2D eigenvalue weighted by molar-refractivity contribution is 7.85. The van der Waals surface area contributed by atoms with Crippen LogP contribution in [0.3, 0.4) is 0 Å². The van der Waals surface area contributed by atoms with Crippen LogP contribution in [0.4, 0.5) is 0 Å². The summed E-state index contributed by atoms with van der Waals surface area (Å²) in [4.78, 5) is 11.9. The number of rotatable bonds is 4. The van der Waals surface area contributed by atoms with Gasteiger partial charge < -0.3 is 5.32 Å². The van der Waals surface area contributed by atoms with E-state index in [1.54, 1.807) is 0 Å². The smallest absolute Gasteiger partial charge is 0.264 e. The summed E-state index contributed by atoms with van der Waals surface area (Å²) in [5.74, 6) is 0.268. The number of hydrogen-bond donors (Lipinski definition) is 1. The Morgan fingerprint density at radius 3 is 2.85 bits per heavy atom. The second kappa shape index (κ2) is 6.37. The molecule has 0 spiro atoms. The van der Waals surface area contributed by atoms with Gasteiger partial charge in [-0.3, -0.25) is 8.98 Å². The Morgan fingerprint density at radius 1 is 1.35 bits per heavy atom. The van der Waals surface area contributed by atoms with Crippen molar-refractivity contribution in [2.45, 2.75) is 19.3 Å². The number of carbonyl (C=O) groups excluding carboxylic acids is 1. The maximum Gasteiger partial charge on any atom is 0.264 e. The van der Waals surface area contributed by atoms with Gasteiger partial charge in [0.1, 0.15) is 0 Å². The highest BCUT2D eigenvalue weighted by atomic mass is 32.2. The van der Waals surface area contributed by atoms with E-state index in [0.717, 1.165) is 24.7 Å². The molecule has 2 rings (SSSR count). The third-order valence-electron chi connectivity index (χ3n) is 3.43. The fourth-order valence-electron chi connectivity index (χ4n) is 2.43. The van der Waals surface area contributed by atoms with Gasteiger partial charge in [0.05, 0.1) is 12.9 Å². The summed E-state index contributed by atoms with van der Waals surface area (Å²) >= 11 is 0. The summed E-state index contributed by atoms with van der Waals surface area (Å²) in [5.41, 5.74) is 1.72. The molecule has 6 heteroatoms. The van der Waals surface area contributed by atoms with E-state index >= 15 is 0 Å². The van der Waals surface area contributed by atoms with Gasteiger partial charge in [-0.25, -0.2) is 0 Å². The molecule has 110 valence electrons. The molecule has 0 radical (unpaired) electrons. The maximum atomic E-state index is 11.9. The standard InChI is InChI=1S/C14H19NO4S/c1-20(17,18)19-9-7-11-6-8-15-14(16)13-5-3-2-4-12(13)10-11/h2-5,11H,6-10H2,1H3,(H,15,16)/t11-/m1/s1. The molecule has 1 N–H and O–H groups in total. The molecule has 1 aromatic carbocycles. The normalized spacial score (nSPS) is 19.6. The molecule has 0 bridgehead atoms. The minimum Gasteiger partial charge on any atom is -0.352 e. The van der Waals surface area contributed by atoms with E-state index in [4.69, 9.17) is 4.18 Å². The zero-order valence-electron chi connectivity index (χ0n) is 11.5. The van der Waals surface area contributed by atoms with E-state index in [1.165, 1.54) is 0 Å². The number of amides is 1. The monoisotopic (exact) mass is 297 g/mol. The zero-order valence-corrected chi connectivity index (χ0v) is 12.3. The fourth-order valence-corrected chi connectivity index (χ4v) is 2.83. The van der Waals surface area contributed by atoms with Gasteiger partial charge in [0.2, 0.25) is 0 Å². The van der Waals surface area contributed by atoms with Crippen molar-refractivity contribution >= 4 is 16.0 Å². The number of fused-ring (bicyclic) bond motifs is 1. The van der Waals surface area contributed by atoms with Crippen molar-refractivity contribution in [1.82, 2.24) is 5.32 Å². The third-order valence-corrected chi connectivity index (χ3v) is 4.03. The van der Waals surface area contributed by atoms with Crippen molar-refractivity contribution in [2.24, 2.45) is 5.92 Å². The molecule has 1 aliphatic heterocycles. The first-order valence-electron chi connectivity index (χ1n) is 6.66. The van der Waals surface area contributed by atoms with Crippen molar-refractivity contribution in [3.8, 4) is 0 Å². The van der Waals surface area contributed by atoms with Crippen molar-refractivity contribution in [2.75, 3.05) is 19.4 Å². The molecule has 20 heavy (non-hydrogen) atoms. The Labute approximate surface area is 119 Å². The van der Waals surface area contributed by atoms with Crippen molar-refractivity contribution in [1.29, 1.82) is 0 Å². The zero-order chi connectivity index (χ0) is 14.6. The van der Waals surface area contributed by atoms with Crippen molar-refractivity contribution < 1.29 is 17.4 Å². The molecule has 0 aliphatic carbocycles. The molecule has 0 fully saturated rings. The van der Waals surface area contributed by atoms with Crippen LogP contribution < -0.4 is 5.32 Å². The molecule has 0 unspecified atom stereocenters. The first kappa shape index (κ1) is 15.0. The Balaban J connectivity index is 2.03. The van der Waals surface area contributed by atoms with E-state index in [9.17, 15) is 13.2 Å². The van der Waals surface area contributed by atoms with E-state index in [1.807, 2.05) is 24.3 Å². The summed E-state index contributed by atoms with van der Waals surface area (Å²) < 4.78 is 26.7. The maximum absolute atomic E-state index is 11.9. The van der Waals surface area contributed by atoms with Crippen LogP contribution in [-0.4, -0.2) is 33.7 Å². The first-order valence-corrected chi connectivity index (χ1v) is 8.48. The predicted molar refractivity (Wildman–Crippen MR) is 76.0 cm³/mol. The minimum atomic E-state index is -3.38. The molecule has 1 amide bonds. The quantitative estimate of drug-likeness (QED) is 0.851. The summed E-state index contributed by atoms with van der Waals surface area (Å²) in [6.07, 6.45) is 3.32. The number of carbonyl (C=O) groups is 1. The van der Waals surface area contributed by atoms with Gasteiger partial charge in [0.25, 0.3) is 16.0 Å². The van der Waals surface area contributed by atoms with E-state index in [0.29, 0.717) is 24.4 Å². The van der Waals surface area contributed by atoms with Crippen LogP contribution in [-0.2, 0) is 20.7 Å². The van der Waals surface area contributed by atoms with Crippen LogP contribution in [0.2, 0.25) is 0 Å². The Kier molecular flexibility index (Phi) is 4.77. The average molecular weight is 297 g/mol. The average Bonchev–Trinajstić information content (AvgIpc) is 2.35. The van der Waals surface area contributed by atoms with Gasteiger partial charge in [-0.1, -0.05) is 18.2 Å². The molecule has 0 saturated carbocycles. The van der Waals surface area contributed by atoms with Crippen LogP contribution in [0.25, 0.3) is 0 Å². The SMILES string of the molecule is CS(=O)(=O)OCC[C@H]1CCNC(=O)c2ccccc2C1. The lowest BCUT2D eigenvalue weighted by molar-refractivity contribution is 0.0946. The molecule has 1 aromatic rings. The Morgan fingerprint density at radius 2 is 2.10 bits per heavy atom. The molecular weight excluding hydrogens is 278 g/mol. The Bertz CT molecular complexity index is 583. The molecule has 0 saturated heterocycles. The van der Waals surface area contributed by atoms with Gasteiger partial charge in [0.15, 0.2) is 0 Å². The van der Waals surface area contributed by atoms with Gasteiger partial charge >= 0.3 is 0 Å². The lowest BCUT2D eigenvalue weighted by atomic mass is 9.89. The van der Waals surface area contributed by atoms with E-state index < -0.39 is 10.1 Å². The van der Waals surface area contributed by atoms with Gasteiger partial charge in [-0.15, -0.1) is 0 Å². The summed E-state index contributed by atoms with van der Waals surface area (Å²) in [6, 6.07) is 7.53. The number of benzene rings is 1. The lowest BCUT2D eigenvalue weighted by Crippen LogP contribution is -2.30. The molecule has 1 aliphatic rings. The lowest BCUT2D eigenvalue weighted by Gasteiger charge is -2.22. The van der Waals surface area contributed by atoms with E-state index in [2.05, 4.69) is 5.32 Å². The fraction of sp³-hybridized carbons (Fsp3) is 0.500. The summed E-state index contributed by atoms with van der Waals surface area (Å²) in [5, 5.41) is 2.88. The molecule has 1 atom stereocenters. The summed E-state index contributed by atoms with van der Waals surface area (Å²) in [7, 11) is -3.38. The second-order valence-electron chi connectivity index (χ2n) is 5.09. The van der Waals surface area contributed by atoms with Crippen molar-refractivity contribution in [3.05, 3.63) is 35.4 Å². The number of nitrogens with one attached hydrogen (secondary N) is 1. The Hall–Kier alpha value is -1.40. The largest absolute Gasteiger partial charge is 0.352 e. The topological polar surface area (TPSA) is 72.5 Å². The van der Waals surface area contributed by atoms with Crippen LogP contribution in [0, 0.1) is 5.92 Å². The molecular formula is C14H19NO4S. The highest BCUT2D eigenvalue weighted by Gasteiger charge is 2.19. The minimum absolute atomic E-state index is 0.0357. The van der Waals surface area contributed by atoms with Gasteiger partial charge in [0, 0.05) is 12.1 Å². The second-order valence-corrected chi connectivity index (χ2v) is 6.73. The van der Waals surface area contributed by atoms with Gasteiger partial charge in [-0.05, 0) is 36.8 Å².